The van der Waals surface area contributed by atoms with E-state index in [0.29, 0.717) is 5.56 Å². The molecule has 2 N–H and O–H groups in total. The van der Waals surface area contributed by atoms with Crippen LogP contribution in [0.15, 0.2) is 30.6 Å². The molecule has 0 bridgehead atoms. The lowest BCUT2D eigenvalue weighted by molar-refractivity contribution is 0.161. The molecule has 6 heteroatoms. The summed E-state index contributed by atoms with van der Waals surface area (Å²) in [7, 11) is 0. The Morgan fingerprint density at radius 1 is 1.42 bits per heavy atom. The van der Waals surface area contributed by atoms with Crippen molar-refractivity contribution in [2.24, 2.45) is 0 Å². The molecule has 1 atom stereocenters. The maximum Gasteiger partial charge on any atom is 0.152 e. The Labute approximate surface area is 109 Å². The average molecular weight is 267 g/mol. The van der Waals surface area contributed by atoms with Gasteiger partial charge >= 0.3 is 0 Å². The molecule has 0 amide bonds. The number of halogens is 2. The van der Waals surface area contributed by atoms with E-state index in [2.05, 4.69) is 10.4 Å². The van der Waals surface area contributed by atoms with Gasteiger partial charge in [-0.2, -0.15) is 5.10 Å². The zero-order valence-electron chi connectivity index (χ0n) is 10.5. The summed E-state index contributed by atoms with van der Waals surface area (Å²) in [6.07, 6.45) is 2.51. The number of anilines is 1. The fourth-order valence-electron chi connectivity index (χ4n) is 1.73. The minimum Gasteiger partial charge on any atom is -0.389 e. The van der Waals surface area contributed by atoms with Gasteiger partial charge in [0.15, 0.2) is 5.82 Å². The lowest BCUT2D eigenvalue weighted by Gasteiger charge is -2.14. The predicted octanol–water partition coefficient (Wildman–Crippen LogP) is 1.94. The molecule has 0 aliphatic rings. The zero-order chi connectivity index (χ0) is 13.8. The third kappa shape index (κ3) is 3.29. The number of nitrogens with one attached hydrogen (secondary N) is 1. The molecule has 1 unspecified atom stereocenters. The van der Waals surface area contributed by atoms with Crippen LogP contribution in [0.2, 0.25) is 0 Å². The van der Waals surface area contributed by atoms with Crippen molar-refractivity contribution in [1.29, 1.82) is 0 Å². The van der Waals surface area contributed by atoms with Crippen LogP contribution < -0.4 is 5.32 Å². The number of aliphatic hydroxyl groups is 1. The molecule has 4 nitrogen and oxygen atoms in total. The summed E-state index contributed by atoms with van der Waals surface area (Å²) < 4.78 is 28.7. The first kappa shape index (κ1) is 13.5. The largest absolute Gasteiger partial charge is 0.389 e. The van der Waals surface area contributed by atoms with Crippen LogP contribution in [-0.2, 0) is 6.54 Å². The third-order valence-electron chi connectivity index (χ3n) is 2.76. The summed E-state index contributed by atoms with van der Waals surface area (Å²) in [5.74, 6) is -1.30. The van der Waals surface area contributed by atoms with Gasteiger partial charge in [0, 0.05) is 18.9 Å². The second-order valence-electron chi connectivity index (χ2n) is 4.32. The number of aromatic nitrogens is 2. The van der Waals surface area contributed by atoms with E-state index in [1.165, 1.54) is 12.1 Å². The van der Waals surface area contributed by atoms with Crippen LogP contribution in [0, 0.1) is 18.6 Å². The summed E-state index contributed by atoms with van der Waals surface area (Å²) in [5, 5.41) is 16.3. The Hall–Kier alpha value is -1.95. The summed E-state index contributed by atoms with van der Waals surface area (Å²) in [5.41, 5.74) is 0.144. The number of rotatable bonds is 5. The van der Waals surface area contributed by atoms with Crippen LogP contribution in [0.1, 0.15) is 5.56 Å². The van der Waals surface area contributed by atoms with Gasteiger partial charge in [-0.3, -0.25) is 4.68 Å². The molecule has 0 fully saturated rings. The smallest absolute Gasteiger partial charge is 0.152 e. The van der Waals surface area contributed by atoms with Gasteiger partial charge in [-0.25, -0.2) is 8.78 Å². The number of hydrogen-bond acceptors (Lipinski definition) is 3. The Morgan fingerprint density at radius 3 is 2.89 bits per heavy atom. The minimum absolute atomic E-state index is 0.0388. The van der Waals surface area contributed by atoms with E-state index in [9.17, 15) is 13.9 Å². The number of aliphatic hydroxyl groups excluding tert-OH is 1. The number of hydrogen-bond donors (Lipinski definition) is 2. The van der Waals surface area contributed by atoms with Crippen molar-refractivity contribution >= 4 is 5.69 Å². The van der Waals surface area contributed by atoms with E-state index < -0.39 is 17.7 Å². The Morgan fingerprint density at radius 2 is 2.21 bits per heavy atom. The maximum atomic E-state index is 13.7. The predicted molar refractivity (Wildman–Crippen MR) is 67.8 cm³/mol. The molecule has 2 rings (SSSR count). The van der Waals surface area contributed by atoms with E-state index in [0.717, 1.165) is 0 Å². The molecule has 2 aromatic rings. The minimum atomic E-state index is -0.792. The molecule has 1 heterocycles. The van der Waals surface area contributed by atoms with Crippen LogP contribution in [-0.4, -0.2) is 27.5 Å². The van der Waals surface area contributed by atoms with Gasteiger partial charge in [0.2, 0.25) is 0 Å². The highest BCUT2D eigenvalue weighted by molar-refractivity contribution is 5.48. The molecule has 102 valence electrons. The molecule has 1 aromatic carbocycles. The standard InChI is InChI=1S/C13H15F2N3O/c1-9-3-4-11(14)13(12(9)15)16-7-10(19)8-18-6-2-5-17-18/h2-6,10,16,19H,7-8H2,1H3. The molecule has 19 heavy (non-hydrogen) atoms. The van der Waals surface area contributed by atoms with Crippen LogP contribution in [0.5, 0.6) is 0 Å². The van der Waals surface area contributed by atoms with Crippen molar-refractivity contribution in [3.05, 3.63) is 47.8 Å². The normalized spacial score (nSPS) is 12.4. The van der Waals surface area contributed by atoms with Gasteiger partial charge < -0.3 is 10.4 Å². The lowest BCUT2D eigenvalue weighted by Crippen LogP contribution is -2.25. The highest BCUT2D eigenvalue weighted by Crippen LogP contribution is 2.21. The topological polar surface area (TPSA) is 50.1 Å². The average Bonchev–Trinajstić information content (AvgIpc) is 2.87. The van der Waals surface area contributed by atoms with Gasteiger partial charge in [-0.1, -0.05) is 6.07 Å². The van der Waals surface area contributed by atoms with Crippen LogP contribution in [0.4, 0.5) is 14.5 Å². The summed E-state index contributed by atoms with van der Waals surface area (Å²) in [6.45, 7) is 1.85. The molecule has 0 saturated carbocycles. The molecule has 0 spiro atoms. The van der Waals surface area contributed by atoms with Gasteiger partial charge in [0.25, 0.3) is 0 Å². The van der Waals surface area contributed by atoms with Crippen molar-refractivity contribution in [3.63, 3.8) is 0 Å². The molecule has 0 radical (unpaired) electrons. The fourth-order valence-corrected chi connectivity index (χ4v) is 1.73. The second kappa shape index (κ2) is 5.79. The van der Waals surface area contributed by atoms with Gasteiger partial charge in [0.05, 0.1) is 12.6 Å². The van der Waals surface area contributed by atoms with Gasteiger partial charge in [0.1, 0.15) is 11.5 Å². The molecule has 0 aliphatic carbocycles. The molecule has 1 aromatic heterocycles. The van der Waals surface area contributed by atoms with Crippen LogP contribution >= 0.6 is 0 Å². The highest BCUT2D eigenvalue weighted by atomic mass is 19.1. The summed E-state index contributed by atoms with van der Waals surface area (Å²) >= 11 is 0. The zero-order valence-corrected chi connectivity index (χ0v) is 10.5. The van der Waals surface area contributed by atoms with E-state index in [1.54, 1.807) is 30.1 Å². The van der Waals surface area contributed by atoms with Crippen molar-refractivity contribution in [3.8, 4) is 0 Å². The molecular weight excluding hydrogens is 252 g/mol. The monoisotopic (exact) mass is 267 g/mol. The first-order valence-corrected chi connectivity index (χ1v) is 5.92. The van der Waals surface area contributed by atoms with Crippen LogP contribution in [0.3, 0.4) is 0 Å². The van der Waals surface area contributed by atoms with Crippen molar-refractivity contribution in [2.45, 2.75) is 19.6 Å². The number of aryl methyl sites for hydroxylation is 1. The second-order valence-corrected chi connectivity index (χ2v) is 4.32. The summed E-state index contributed by atoms with van der Waals surface area (Å²) in [6, 6.07) is 4.30. The summed E-state index contributed by atoms with van der Waals surface area (Å²) in [4.78, 5) is 0. The first-order valence-electron chi connectivity index (χ1n) is 5.92. The Bertz CT molecular complexity index is 543. The van der Waals surface area contributed by atoms with E-state index in [4.69, 9.17) is 0 Å². The molecular formula is C13H15F2N3O. The van der Waals surface area contributed by atoms with Gasteiger partial charge in [-0.05, 0) is 24.6 Å². The van der Waals surface area contributed by atoms with Crippen molar-refractivity contribution < 1.29 is 13.9 Å². The third-order valence-corrected chi connectivity index (χ3v) is 2.76. The Kier molecular flexibility index (Phi) is 4.11. The lowest BCUT2D eigenvalue weighted by atomic mass is 10.2. The number of nitrogens with zero attached hydrogens (tertiary/aromatic N) is 2. The molecule has 0 aliphatic heterocycles. The quantitative estimate of drug-likeness (QED) is 0.870. The number of benzene rings is 1. The van der Waals surface area contributed by atoms with Gasteiger partial charge in [-0.15, -0.1) is 0 Å². The first-order chi connectivity index (χ1) is 9.08. The van der Waals surface area contributed by atoms with E-state index >= 15 is 0 Å². The fraction of sp³-hybridized carbons (Fsp3) is 0.308. The van der Waals surface area contributed by atoms with Crippen LogP contribution in [0.25, 0.3) is 0 Å². The van der Waals surface area contributed by atoms with E-state index in [-0.39, 0.29) is 18.8 Å². The van der Waals surface area contributed by atoms with Crippen molar-refractivity contribution in [1.82, 2.24) is 9.78 Å². The Balaban J connectivity index is 1.97. The maximum absolute atomic E-state index is 13.7. The highest BCUT2D eigenvalue weighted by Gasteiger charge is 2.13. The van der Waals surface area contributed by atoms with E-state index in [1.807, 2.05) is 0 Å². The molecule has 0 saturated heterocycles. The van der Waals surface area contributed by atoms with Crippen molar-refractivity contribution in [2.75, 3.05) is 11.9 Å². The SMILES string of the molecule is Cc1ccc(F)c(NCC(O)Cn2cccn2)c1F.